The molecule has 1 fully saturated rings. The fraction of sp³-hybridized carbons (Fsp3) is 0.333. The molecule has 1 aliphatic rings. The Bertz CT molecular complexity index is 740. The van der Waals surface area contributed by atoms with Crippen molar-refractivity contribution >= 4 is 0 Å². The highest BCUT2D eigenvalue weighted by Gasteiger charge is 2.22. The summed E-state index contributed by atoms with van der Waals surface area (Å²) >= 11 is 0. The largest absolute Gasteiger partial charge is 0.396 e. The van der Waals surface area contributed by atoms with Gasteiger partial charge in [-0.05, 0) is 30.2 Å². The van der Waals surface area contributed by atoms with Crippen molar-refractivity contribution in [3.8, 4) is 11.1 Å². The van der Waals surface area contributed by atoms with Crippen LogP contribution in [0.1, 0.15) is 24.3 Å². The van der Waals surface area contributed by atoms with Crippen LogP contribution in [0, 0.1) is 17.6 Å². The lowest BCUT2D eigenvalue weighted by molar-refractivity contribution is -0.197. The van der Waals surface area contributed by atoms with Gasteiger partial charge in [-0.3, -0.25) is 0 Å². The zero-order chi connectivity index (χ0) is 18.5. The summed E-state index contributed by atoms with van der Waals surface area (Å²) in [6.07, 6.45) is 3.58. The van der Waals surface area contributed by atoms with Crippen molar-refractivity contribution in [2.24, 2.45) is 5.92 Å². The molecule has 5 heteroatoms. The maximum atomic E-state index is 14.1. The van der Waals surface area contributed by atoms with E-state index in [0.29, 0.717) is 24.3 Å². The van der Waals surface area contributed by atoms with E-state index >= 15 is 0 Å². The standard InChI is InChI=1S/C21H22F2O3/c1-2-3-14-12-25-21(26-13-14)16-6-4-15(5-7-16)17-10-19(22)18(8-9-24)20(23)11-17/h2-7,10-11,14,21,24H,8-9,12-13H2,1H3/b3-2+. The van der Waals surface area contributed by atoms with Crippen molar-refractivity contribution in [3.05, 3.63) is 71.3 Å². The summed E-state index contributed by atoms with van der Waals surface area (Å²) in [5.74, 6) is -1.03. The maximum absolute atomic E-state index is 14.1. The molecule has 1 saturated heterocycles. The van der Waals surface area contributed by atoms with Gasteiger partial charge in [-0.1, -0.05) is 36.4 Å². The molecule has 3 nitrogen and oxygen atoms in total. The number of aliphatic hydroxyl groups excluding tert-OH is 1. The molecule has 2 aromatic carbocycles. The number of hydrogen-bond acceptors (Lipinski definition) is 3. The molecule has 0 aliphatic carbocycles. The molecule has 0 atom stereocenters. The lowest BCUT2D eigenvalue weighted by atomic mass is 10.0. The minimum atomic E-state index is -0.646. The summed E-state index contributed by atoms with van der Waals surface area (Å²) in [6.45, 7) is 2.87. The lowest BCUT2D eigenvalue weighted by Crippen LogP contribution is -2.25. The van der Waals surface area contributed by atoms with Crippen LogP contribution in [0.3, 0.4) is 0 Å². The second kappa shape index (κ2) is 8.54. The van der Waals surface area contributed by atoms with Crippen molar-refractivity contribution in [3.63, 3.8) is 0 Å². The summed E-state index contributed by atoms with van der Waals surface area (Å²) in [5, 5.41) is 8.89. The number of allylic oxidation sites excluding steroid dienone is 1. The van der Waals surface area contributed by atoms with E-state index in [2.05, 4.69) is 6.08 Å². The number of hydrogen-bond donors (Lipinski definition) is 1. The van der Waals surface area contributed by atoms with E-state index in [-0.39, 0.29) is 24.5 Å². The molecular formula is C21H22F2O3. The van der Waals surface area contributed by atoms with Crippen LogP contribution in [0.2, 0.25) is 0 Å². The van der Waals surface area contributed by atoms with Crippen LogP contribution < -0.4 is 0 Å². The van der Waals surface area contributed by atoms with E-state index in [1.54, 1.807) is 12.1 Å². The fourth-order valence-corrected chi connectivity index (χ4v) is 3.05. The van der Waals surface area contributed by atoms with E-state index in [9.17, 15) is 8.78 Å². The molecule has 0 amide bonds. The molecule has 138 valence electrons. The Kier molecular flexibility index (Phi) is 6.14. The third-order valence-corrected chi connectivity index (χ3v) is 4.41. The molecule has 0 aromatic heterocycles. The Morgan fingerprint density at radius 3 is 2.19 bits per heavy atom. The van der Waals surface area contributed by atoms with Gasteiger partial charge in [-0.25, -0.2) is 8.78 Å². The Morgan fingerprint density at radius 1 is 1.04 bits per heavy atom. The predicted molar refractivity (Wildman–Crippen MR) is 95.5 cm³/mol. The van der Waals surface area contributed by atoms with Crippen molar-refractivity contribution < 1.29 is 23.4 Å². The van der Waals surface area contributed by atoms with Crippen molar-refractivity contribution in [1.29, 1.82) is 0 Å². The second-order valence-electron chi connectivity index (χ2n) is 6.30. The molecule has 0 radical (unpaired) electrons. The number of aliphatic hydroxyl groups is 1. The van der Waals surface area contributed by atoms with Crippen LogP contribution in [0.4, 0.5) is 8.78 Å². The molecule has 26 heavy (non-hydrogen) atoms. The van der Waals surface area contributed by atoms with Gasteiger partial charge in [0.1, 0.15) is 11.6 Å². The van der Waals surface area contributed by atoms with E-state index in [1.807, 2.05) is 25.1 Å². The van der Waals surface area contributed by atoms with Crippen LogP contribution in [-0.4, -0.2) is 24.9 Å². The second-order valence-corrected chi connectivity index (χ2v) is 6.30. The van der Waals surface area contributed by atoms with E-state index < -0.39 is 17.9 Å². The zero-order valence-electron chi connectivity index (χ0n) is 14.6. The Balaban J connectivity index is 1.74. The fourth-order valence-electron chi connectivity index (χ4n) is 3.05. The van der Waals surface area contributed by atoms with Gasteiger partial charge in [0.2, 0.25) is 0 Å². The quantitative estimate of drug-likeness (QED) is 0.803. The SMILES string of the molecule is C/C=C/C1COC(c2ccc(-c3cc(F)c(CCO)c(F)c3)cc2)OC1. The maximum Gasteiger partial charge on any atom is 0.183 e. The molecule has 0 unspecified atom stereocenters. The summed E-state index contributed by atoms with van der Waals surface area (Å²) in [5.41, 5.74) is 1.93. The van der Waals surface area contributed by atoms with Crippen LogP contribution in [0.5, 0.6) is 0 Å². The normalized spacial score (nSPS) is 20.6. The first-order chi connectivity index (χ1) is 12.6. The van der Waals surface area contributed by atoms with Gasteiger partial charge >= 0.3 is 0 Å². The monoisotopic (exact) mass is 360 g/mol. The topological polar surface area (TPSA) is 38.7 Å². The minimum Gasteiger partial charge on any atom is -0.396 e. The van der Waals surface area contributed by atoms with Gasteiger partial charge in [0, 0.05) is 30.1 Å². The number of halogens is 2. The third-order valence-electron chi connectivity index (χ3n) is 4.41. The van der Waals surface area contributed by atoms with Gasteiger partial charge < -0.3 is 14.6 Å². The average molecular weight is 360 g/mol. The van der Waals surface area contributed by atoms with Gasteiger partial charge in [0.05, 0.1) is 13.2 Å². The Labute approximate surface area is 151 Å². The summed E-state index contributed by atoms with van der Waals surface area (Å²) in [6, 6.07) is 9.84. The summed E-state index contributed by atoms with van der Waals surface area (Å²) in [7, 11) is 0. The zero-order valence-corrected chi connectivity index (χ0v) is 14.6. The first-order valence-corrected chi connectivity index (χ1v) is 8.67. The molecule has 3 rings (SSSR count). The van der Waals surface area contributed by atoms with Crippen molar-refractivity contribution in [2.75, 3.05) is 19.8 Å². The number of ether oxygens (including phenoxy) is 2. The molecule has 2 aromatic rings. The van der Waals surface area contributed by atoms with Crippen LogP contribution in [0.25, 0.3) is 11.1 Å². The van der Waals surface area contributed by atoms with E-state index in [1.165, 1.54) is 12.1 Å². The smallest absolute Gasteiger partial charge is 0.183 e. The molecule has 1 N–H and O–H groups in total. The highest BCUT2D eigenvalue weighted by molar-refractivity contribution is 5.64. The van der Waals surface area contributed by atoms with E-state index in [4.69, 9.17) is 14.6 Å². The third kappa shape index (κ3) is 4.18. The highest BCUT2D eigenvalue weighted by atomic mass is 19.1. The first-order valence-electron chi connectivity index (χ1n) is 8.67. The molecule has 0 spiro atoms. The lowest BCUT2D eigenvalue weighted by Gasteiger charge is -2.28. The van der Waals surface area contributed by atoms with Gasteiger partial charge in [0.15, 0.2) is 6.29 Å². The Hall–Kier alpha value is -2.08. The van der Waals surface area contributed by atoms with Crippen molar-refractivity contribution in [1.82, 2.24) is 0 Å². The molecular weight excluding hydrogens is 338 g/mol. The minimum absolute atomic E-state index is 0.0402. The Morgan fingerprint density at radius 2 is 1.65 bits per heavy atom. The van der Waals surface area contributed by atoms with Crippen LogP contribution >= 0.6 is 0 Å². The first kappa shape index (κ1) is 18.7. The molecule has 0 saturated carbocycles. The van der Waals surface area contributed by atoms with Crippen LogP contribution in [0.15, 0.2) is 48.6 Å². The summed E-state index contributed by atoms with van der Waals surface area (Å²) in [4.78, 5) is 0. The summed E-state index contributed by atoms with van der Waals surface area (Å²) < 4.78 is 39.6. The predicted octanol–water partition coefficient (Wildman–Crippen LogP) is 4.40. The van der Waals surface area contributed by atoms with E-state index in [0.717, 1.165) is 5.56 Å². The number of benzene rings is 2. The van der Waals surface area contributed by atoms with Crippen LogP contribution in [-0.2, 0) is 15.9 Å². The molecule has 0 bridgehead atoms. The number of rotatable bonds is 5. The molecule has 1 aliphatic heterocycles. The van der Waals surface area contributed by atoms with Gasteiger partial charge in [-0.15, -0.1) is 0 Å². The highest BCUT2D eigenvalue weighted by Crippen LogP contribution is 2.29. The van der Waals surface area contributed by atoms with Crippen molar-refractivity contribution in [2.45, 2.75) is 19.6 Å². The van der Waals surface area contributed by atoms with Gasteiger partial charge in [-0.2, -0.15) is 0 Å². The average Bonchev–Trinajstić information content (AvgIpc) is 2.66. The van der Waals surface area contributed by atoms with Gasteiger partial charge in [0.25, 0.3) is 0 Å². The molecule has 1 heterocycles.